The molecule has 0 aliphatic heterocycles. The number of hydrogen-bond donors (Lipinski definition) is 4. The Morgan fingerprint density at radius 2 is 1.10 bits per heavy atom. The van der Waals surface area contributed by atoms with Crippen molar-refractivity contribution in [2.75, 3.05) is 5.73 Å². The summed E-state index contributed by atoms with van der Waals surface area (Å²) in [4.78, 5) is -0.561. The SMILES string of the molecule is CC.CC.Nc1c(N=Nc2ccccc2)c(S(=O)(=O)O)cc2cc(SOOO)c(N=Nc3ccccc3)c(O)c12.[CH3-].[CH3-].[Y].[Y].[Y].[Y].[Y].[Y].[Y]. The van der Waals surface area contributed by atoms with Crippen LogP contribution in [0.15, 0.2) is 103 Å². The van der Waals surface area contributed by atoms with Gasteiger partial charge in [0.15, 0.2) is 5.75 Å². The quantitative estimate of drug-likeness (QED) is 0.0253. The van der Waals surface area contributed by atoms with Crippen LogP contribution in [0.5, 0.6) is 5.75 Å². The van der Waals surface area contributed by atoms with E-state index in [-0.39, 0.29) is 277 Å². The van der Waals surface area contributed by atoms with E-state index >= 15 is 0 Å². The van der Waals surface area contributed by atoms with Gasteiger partial charge in [-0.2, -0.15) is 18.6 Å². The molecule has 0 heterocycles. The molecule has 49 heavy (non-hydrogen) atoms. The molecule has 12 nitrogen and oxygen atoms in total. The third kappa shape index (κ3) is 22.4. The molecule has 5 N–H and O–H groups in total. The molecule has 0 aromatic heterocycles. The van der Waals surface area contributed by atoms with Crippen molar-refractivity contribution in [1.82, 2.24) is 0 Å². The number of benzene rings is 4. The minimum atomic E-state index is -4.81. The molecule has 21 heteroatoms. The molecular weight excluding hydrogens is 1200 g/mol. The summed E-state index contributed by atoms with van der Waals surface area (Å²) in [5.41, 5.74) is 6.32. The number of nitrogens with zero attached hydrogens (tertiary/aromatic N) is 4. The van der Waals surface area contributed by atoms with Gasteiger partial charge in [0.2, 0.25) is 0 Å². The largest absolute Gasteiger partial charge is 0.505 e. The fourth-order valence-electron chi connectivity index (χ4n) is 3.23. The summed E-state index contributed by atoms with van der Waals surface area (Å²) in [6.07, 6.45) is 0. The molecule has 0 atom stereocenters. The Morgan fingerprint density at radius 3 is 1.49 bits per heavy atom. The third-order valence-corrected chi connectivity index (χ3v) is 6.28. The van der Waals surface area contributed by atoms with E-state index in [0.717, 1.165) is 6.07 Å². The van der Waals surface area contributed by atoms with Gasteiger partial charge in [0.05, 0.1) is 39.4 Å². The molecule has 4 rings (SSSR count). The first-order valence-electron chi connectivity index (χ1n) is 12.0. The van der Waals surface area contributed by atoms with Crippen LogP contribution in [0.4, 0.5) is 28.4 Å². The Kier molecular flexibility index (Phi) is 55.7. The number of azo groups is 2. The van der Waals surface area contributed by atoms with Crippen LogP contribution in [0.25, 0.3) is 10.8 Å². The van der Waals surface area contributed by atoms with E-state index in [1.165, 1.54) is 6.07 Å². The fraction of sp³-hybridized carbons (Fsp3) is 0.143. The van der Waals surface area contributed by atoms with Crippen LogP contribution in [0.3, 0.4) is 0 Å². The van der Waals surface area contributed by atoms with Crippen LogP contribution < -0.4 is 5.73 Å². The number of nitrogens with two attached hydrogens (primary N) is 1. The van der Waals surface area contributed by atoms with E-state index in [1.807, 2.05) is 27.7 Å². The molecule has 0 bridgehead atoms. The Balaban J connectivity index is -0.000000208. The van der Waals surface area contributed by atoms with Crippen molar-refractivity contribution < 1.29 is 262 Å². The minimum Gasteiger partial charge on any atom is -0.505 e. The Hall–Kier alpha value is 3.81. The van der Waals surface area contributed by atoms with Crippen LogP contribution in [-0.2, 0) is 248 Å². The summed E-state index contributed by atoms with van der Waals surface area (Å²) >= 11 is 0.461. The van der Waals surface area contributed by atoms with Gasteiger partial charge in [-0.15, -0.1) is 14.6 Å². The summed E-state index contributed by atoms with van der Waals surface area (Å²) in [5, 5.41) is 39.4. The second kappa shape index (κ2) is 38.7. The Morgan fingerprint density at radius 1 is 0.694 bits per heavy atom. The van der Waals surface area contributed by atoms with E-state index in [9.17, 15) is 18.1 Å². The summed E-state index contributed by atoms with van der Waals surface area (Å²) in [6, 6.07) is 19.5. The van der Waals surface area contributed by atoms with Gasteiger partial charge in [0.1, 0.15) is 16.3 Å². The fourth-order valence-corrected chi connectivity index (χ4v) is 4.39. The maximum absolute atomic E-state index is 12.1. The summed E-state index contributed by atoms with van der Waals surface area (Å²) < 4.78 is 38.6. The normalized spacial score (nSPS) is 9.18. The summed E-state index contributed by atoms with van der Waals surface area (Å²) in [7, 11) is -4.81. The number of fused-ring (bicyclic) bond motifs is 1. The molecule has 0 saturated carbocycles. The van der Waals surface area contributed by atoms with Gasteiger partial charge < -0.3 is 25.7 Å². The predicted molar refractivity (Wildman–Crippen MR) is 167 cm³/mol. The standard InChI is InChI=1S/C22H17N5O7S2.2C2H6.2CH3.7Y/c23-19-18-13(12-17(36(30,31)32)21(19)27-25-15-9-5-2-6-10-15)11-16(35-34-33-29)20(22(18)28)26-24-14-7-3-1-4-8-14;2*1-2;;;;;;;;;/h1-12,28-29H,23H2,(H,30,31,32);2*1-2H3;2*1H3;;;;;;;/q;;;2*-1;;;;;;;. The van der Waals surface area contributed by atoms with E-state index in [1.54, 1.807) is 60.7 Å². The maximum atomic E-state index is 12.1. The van der Waals surface area contributed by atoms with Crippen LogP contribution in [0.1, 0.15) is 27.7 Å². The van der Waals surface area contributed by atoms with Gasteiger partial charge in [0.25, 0.3) is 10.1 Å². The molecule has 0 amide bonds. The van der Waals surface area contributed by atoms with Crippen LogP contribution in [0, 0.1) is 14.9 Å². The maximum Gasteiger partial charge on any atom is 0.296 e. The zero-order chi connectivity index (χ0) is 29.7. The average Bonchev–Trinajstić information content (AvgIpc) is 2.97. The first-order valence-corrected chi connectivity index (χ1v) is 14.2. The van der Waals surface area contributed by atoms with Gasteiger partial charge in [-0.1, -0.05) is 69.1 Å². The zero-order valence-corrected chi connectivity index (χ0v) is 49.6. The van der Waals surface area contributed by atoms with Crippen molar-refractivity contribution in [3.8, 4) is 5.75 Å². The monoisotopic (exact) mass is 1240 g/mol. The third-order valence-electron chi connectivity index (χ3n) is 4.79. The molecule has 4 aromatic rings. The van der Waals surface area contributed by atoms with Crippen LogP contribution in [0.2, 0.25) is 0 Å². The van der Waals surface area contributed by atoms with E-state index in [4.69, 9.17) is 11.0 Å². The van der Waals surface area contributed by atoms with Crippen LogP contribution >= 0.6 is 12.0 Å². The van der Waals surface area contributed by atoms with Crippen molar-refractivity contribution in [1.29, 1.82) is 0 Å². The van der Waals surface area contributed by atoms with Gasteiger partial charge in [-0.3, -0.25) is 4.55 Å². The van der Waals surface area contributed by atoms with E-state index in [0.29, 0.717) is 23.4 Å². The summed E-state index contributed by atoms with van der Waals surface area (Å²) in [5.74, 6) is -0.494. The van der Waals surface area contributed by atoms with Crippen molar-refractivity contribution in [2.24, 2.45) is 20.5 Å². The molecular formula is C28H35N5O7S2Y7-2. The molecule has 0 aliphatic carbocycles. The number of aromatic hydroxyl groups is 1. The van der Waals surface area contributed by atoms with E-state index < -0.39 is 20.8 Å². The molecule has 7 radical (unpaired) electrons. The second-order valence-electron chi connectivity index (χ2n) is 7.08. The number of rotatable bonds is 8. The van der Waals surface area contributed by atoms with Crippen molar-refractivity contribution in [2.45, 2.75) is 37.5 Å². The van der Waals surface area contributed by atoms with Crippen molar-refractivity contribution in [3.05, 3.63) is 87.6 Å². The second-order valence-corrected chi connectivity index (χ2v) is 9.21. The van der Waals surface area contributed by atoms with Gasteiger partial charge >= 0.3 is 0 Å². The molecule has 0 spiro atoms. The number of hydrogen-bond acceptors (Lipinski definition) is 12. The zero-order valence-electron chi connectivity index (χ0n) is 28.1. The van der Waals surface area contributed by atoms with Gasteiger partial charge in [0, 0.05) is 229 Å². The first-order chi connectivity index (χ1) is 19.3. The van der Waals surface area contributed by atoms with Crippen molar-refractivity contribution in [3.63, 3.8) is 0 Å². The number of phenols is 1. The molecule has 0 saturated heterocycles. The van der Waals surface area contributed by atoms with Crippen molar-refractivity contribution >= 4 is 61.4 Å². The Bertz CT molecular complexity index is 1600. The minimum absolute atomic E-state index is 0. The molecule has 4 aromatic carbocycles. The molecule has 0 unspecified atom stereocenters. The van der Waals surface area contributed by atoms with E-state index in [2.05, 4.69) is 29.8 Å². The topological polar surface area (TPSA) is 189 Å². The number of nitrogen functional groups attached to an aromatic ring is 1. The number of anilines is 1. The van der Waals surface area contributed by atoms with Gasteiger partial charge in [-0.25, -0.2) is 5.26 Å². The first kappa shape index (κ1) is 70.6. The van der Waals surface area contributed by atoms with Crippen LogP contribution in [-0.4, -0.2) is 23.3 Å². The summed E-state index contributed by atoms with van der Waals surface area (Å²) in [6.45, 7) is 8.00. The predicted octanol–water partition coefficient (Wildman–Crippen LogP) is 9.57. The van der Waals surface area contributed by atoms with Gasteiger partial charge in [-0.05, 0) is 41.8 Å². The number of phenolic OH excluding ortho intramolecular Hbond substituents is 1. The smallest absolute Gasteiger partial charge is 0.296 e. The Labute approximate surface area is 470 Å². The molecule has 0 fully saturated rings. The molecule has 249 valence electrons. The average molecular weight is 1240 g/mol. The molecule has 0 aliphatic rings.